The molecule has 0 aromatic heterocycles. The standard InChI is InChI=1S/C12H16O3/c1-14-11-6-10(8-3-4-8)12(15-2)5-9(11)7-13/h5-6,8,13H,3-4,7H2,1-2H3. The van der Waals surface area contributed by atoms with Gasteiger partial charge in [0.05, 0.1) is 20.8 Å². The molecule has 0 atom stereocenters. The van der Waals surface area contributed by atoms with E-state index in [0.717, 1.165) is 17.1 Å². The van der Waals surface area contributed by atoms with E-state index in [1.165, 1.54) is 18.4 Å². The molecule has 1 aliphatic rings. The van der Waals surface area contributed by atoms with Crippen LogP contribution in [0.2, 0.25) is 0 Å². The lowest BCUT2D eigenvalue weighted by Gasteiger charge is -2.13. The molecule has 0 saturated heterocycles. The maximum atomic E-state index is 9.18. The van der Waals surface area contributed by atoms with E-state index in [4.69, 9.17) is 9.47 Å². The maximum Gasteiger partial charge on any atom is 0.124 e. The zero-order valence-corrected chi connectivity index (χ0v) is 9.12. The Morgan fingerprint density at radius 3 is 2.33 bits per heavy atom. The van der Waals surface area contributed by atoms with Crippen LogP contribution in [0.5, 0.6) is 11.5 Å². The third-order valence-electron chi connectivity index (χ3n) is 2.82. The molecule has 0 bridgehead atoms. The smallest absolute Gasteiger partial charge is 0.124 e. The Morgan fingerprint density at radius 2 is 1.87 bits per heavy atom. The second kappa shape index (κ2) is 4.11. The molecular weight excluding hydrogens is 192 g/mol. The molecular formula is C12H16O3. The Balaban J connectivity index is 2.44. The summed E-state index contributed by atoms with van der Waals surface area (Å²) in [6.07, 6.45) is 2.44. The van der Waals surface area contributed by atoms with E-state index >= 15 is 0 Å². The highest BCUT2D eigenvalue weighted by Crippen LogP contribution is 2.46. The van der Waals surface area contributed by atoms with Gasteiger partial charge in [-0.25, -0.2) is 0 Å². The largest absolute Gasteiger partial charge is 0.496 e. The van der Waals surface area contributed by atoms with E-state index in [1.54, 1.807) is 14.2 Å². The van der Waals surface area contributed by atoms with Crippen molar-refractivity contribution >= 4 is 0 Å². The lowest BCUT2D eigenvalue weighted by molar-refractivity contribution is 0.272. The van der Waals surface area contributed by atoms with Crippen LogP contribution in [-0.2, 0) is 6.61 Å². The highest BCUT2D eigenvalue weighted by Gasteiger charge is 2.28. The summed E-state index contributed by atoms with van der Waals surface area (Å²) in [4.78, 5) is 0. The summed E-state index contributed by atoms with van der Waals surface area (Å²) >= 11 is 0. The first-order chi connectivity index (χ1) is 7.30. The molecule has 1 saturated carbocycles. The van der Waals surface area contributed by atoms with E-state index < -0.39 is 0 Å². The Morgan fingerprint density at radius 1 is 1.20 bits per heavy atom. The minimum Gasteiger partial charge on any atom is -0.496 e. The number of hydrogen-bond acceptors (Lipinski definition) is 3. The van der Waals surface area contributed by atoms with Gasteiger partial charge in [-0.3, -0.25) is 0 Å². The Bertz CT molecular complexity index is 356. The van der Waals surface area contributed by atoms with Crippen molar-refractivity contribution in [1.82, 2.24) is 0 Å². The summed E-state index contributed by atoms with van der Waals surface area (Å²) in [6.45, 7) is -0.0233. The lowest BCUT2D eigenvalue weighted by Crippen LogP contribution is -1.97. The van der Waals surface area contributed by atoms with Crippen molar-refractivity contribution in [3.63, 3.8) is 0 Å². The second-order valence-electron chi connectivity index (χ2n) is 3.84. The predicted molar refractivity (Wildman–Crippen MR) is 57.4 cm³/mol. The summed E-state index contributed by atoms with van der Waals surface area (Å²) in [6, 6.07) is 3.86. The highest BCUT2D eigenvalue weighted by atomic mass is 16.5. The fourth-order valence-electron chi connectivity index (χ4n) is 1.82. The van der Waals surface area contributed by atoms with E-state index in [1.807, 2.05) is 12.1 Å². The van der Waals surface area contributed by atoms with Crippen LogP contribution in [0.15, 0.2) is 12.1 Å². The van der Waals surface area contributed by atoms with Crippen molar-refractivity contribution in [2.24, 2.45) is 0 Å². The van der Waals surface area contributed by atoms with E-state index in [0.29, 0.717) is 5.92 Å². The molecule has 82 valence electrons. The average molecular weight is 208 g/mol. The molecule has 0 unspecified atom stereocenters. The van der Waals surface area contributed by atoms with Crippen molar-refractivity contribution in [3.8, 4) is 11.5 Å². The molecule has 1 fully saturated rings. The first-order valence-electron chi connectivity index (χ1n) is 5.15. The molecule has 3 heteroatoms. The van der Waals surface area contributed by atoms with Crippen molar-refractivity contribution < 1.29 is 14.6 Å². The zero-order valence-electron chi connectivity index (χ0n) is 9.12. The number of rotatable bonds is 4. The van der Waals surface area contributed by atoms with Crippen LogP contribution in [-0.4, -0.2) is 19.3 Å². The van der Waals surface area contributed by atoms with Gasteiger partial charge in [-0.2, -0.15) is 0 Å². The predicted octanol–water partition coefficient (Wildman–Crippen LogP) is 2.07. The fraction of sp³-hybridized carbons (Fsp3) is 0.500. The molecule has 1 aromatic carbocycles. The number of ether oxygens (including phenoxy) is 2. The highest BCUT2D eigenvalue weighted by molar-refractivity contribution is 5.49. The van der Waals surface area contributed by atoms with Crippen molar-refractivity contribution in [2.75, 3.05) is 14.2 Å². The normalized spacial score (nSPS) is 15.1. The van der Waals surface area contributed by atoms with Gasteiger partial charge in [0, 0.05) is 11.1 Å². The summed E-state index contributed by atoms with van der Waals surface area (Å²) in [7, 11) is 3.28. The molecule has 0 radical (unpaired) electrons. The minimum atomic E-state index is -0.0233. The van der Waals surface area contributed by atoms with Crippen LogP contribution in [0, 0.1) is 0 Å². The van der Waals surface area contributed by atoms with E-state index in [-0.39, 0.29) is 6.61 Å². The Labute approximate surface area is 89.6 Å². The quantitative estimate of drug-likeness (QED) is 0.823. The van der Waals surface area contributed by atoms with E-state index in [9.17, 15) is 5.11 Å². The van der Waals surface area contributed by atoms with Crippen LogP contribution in [0.4, 0.5) is 0 Å². The summed E-state index contributed by atoms with van der Waals surface area (Å²) in [5.41, 5.74) is 1.98. The van der Waals surface area contributed by atoms with Crippen LogP contribution >= 0.6 is 0 Å². The third-order valence-corrected chi connectivity index (χ3v) is 2.82. The second-order valence-corrected chi connectivity index (χ2v) is 3.84. The van der Waals surface area contributed by atoms with Gasteiger partial charge in [-0.15, -0.1) is 0 Å². The number of methoxy groups -OCH3 is 2. The topological polar surface area (TPSA) is 38.7 Å². The Hall–Kier alpha value is -1.22. The monoisotopic (exact) mass is 208 g/mol. The van der Waals surface area contributed by atoms with Gasteiger partial charge in [0.2, 0.25) is 0 Å². The van der Waals surface area contributed by atoms with Crippen molar-refractivity contribution in [1.29, 1.82) is 0 Å². The van der Waals surface area contributed by atoms with Crippen molar-refractivity contribution in [3.05, 3.63) is 23.3 Å². The molecule has 0 spiro atoms. The number of aliphatic hydroxyl groups excluding tert-OH is 1. The molecule has 15 heavy (non-hydrogen) atoms. The molecule has 1 aliphatic carbocycles. The van der Waals surface area contributed by atoms with Gasteiger partial charge < -0.3 is 14.6 Å². The van der Waals surface area contributed by atoms with Crippen LogP contribution in [0.3, 0.4) is 0 Å². The first kappa shape index (κ1) is 10.3. The summed E-state index contributed by atoms with van der Waals surface area (Å²) in [5.74, 6) is 2.23. The summed E-state index contributed by atoms with van der Waals surface area (Å²) in [5, 5.41) is 9.18. The molecule has 0 amide bonds. The lowest BCUT2D eigenvalue weighted by atomic mass is 10.1. The van der Waals surface area contributed by atoms with Gasteiger partial charge in [0.25, 0.3) is 0 Å². The average Bonchev–Trinajstić information content (AvgIpc) is 3.11. The number of hydrogen-bond donors (Lipinski definition) is 1. The van der Waals surface area contributed by atoms with Gasteiger partial charge >= 0.3 is 0 Å². The Kier molecular flexibility index (Phi) is 2.82. The molecule has 0 aliphatic heterocycles. The molecule has 2 rings (SSSR count). The maximum absolute atomic E-state index is 9.18. The molecule has 1 aromatic rings. The van der Waals surface area contributed by atoms with Gasteiger partial charge in [0.1, 0.15) is 11.5 Å². The van der Waals surface area contributed by atoms with Gasteiger partial charge in [-0.05, 0) is 30.9 Å². The van der Waals surface area contributed by atoms with Crippen LogP contribution in [0.1, 0.15) is 29.9 Å². The van der Waals surface area contributed by atoms with E-state index in [2.05, 4.69) is 0 Å². The number of aliphatic hydroxyl groups is 1. The SMILES string of the molecule is COc1cc(C2CC2)c(OC)cc1CO. The van der Waals surface area contributed by atoms with Crippen molar-refractivity contribution in [2.45, 2.75) is 25.4 Å². The first-order valence-corrected chi connectivity index (χ1v) is 5.15. The molecule has 0 heterocycles. The summed E-state index contributed by atoms with van der Waals surface area (Å²) < 4.78 is 10.6. The van der Waals surface area contributed by atoms with Gasteiger partial charge in [0.15, 0.2) is 0 Å². The number of benzene rings is 1. The molecule has 3 nitrogen and oxygen atoms in total. The fourth-order valence-corrected chi connectivity index (χ4v) is 1.82. The van der Waals surface area contributed by atoms with Crippen LogP contribution in [0.25, 0.3) is 0 Å². The zero-order chi connectivity index (χ0) is 10.8. The van der Waals surface area contributed by atoms with Crippen LogP contribution < -0.4 is 9.47 Å². The third kappa shape index (κ3) is 1.92. The van der Waals surface area contributed by atoms with Gasteiger partial charge in [-0.1, -0.05) is 0 Å². The minimum absolute atomic E-state index is 0.0233. The molecule has 1 N–H and O–H groups in total.